The lowest BCUT2D eigenvalue weighted by atomic mass is 10.3. The van der Waals surface area contributed by atoms with E-state index in [1.165, 1.54) is 35.6 Å². The van der Waals surface area contributed by atoms with Crippen molar-refractivity contribution >= 4 is 32.6 Å². The van der Waals surface area contributed by atoms with E-state index in [2.05, 4.69) is 4.98 Å². The molecule has 0 spiro atoms. The highest BCUT2D eigenvalue weighted by Crippen LogP contribution is 2.28. The summed E-state index contributed by atoms with van der Waals surface area (Å²) in [6.45, 7) is 1.05. The van der Waals surface area contributed by atoms with Crippen LogP contribution < -0.4 is 9.64 Å². The normalized spacial score (nSPS) is 10.8. The highest BCUT2D eigenvalue weighted by atomic mass is 32.1. The molecule has 0 aliphatic rings. The number of halogens is 1. The number of rotatable bonds is 8. The summed E-state index contributed by atoms with van der Waals surface area (Å²) in [6, 6.07) is 13.5. The van der Waals surface area contributed by atoms with Crippen molar-refractivity contribution in [3.8, 4) is 5.75 Å². The predicted molar refractivity (Wildman–Crippen MR) is 100 cm³/mol. The van der Waals surface area contributed by atoms with Crippen LogP contribution in [0.25, 0.3) is 10.2 Å². The van der Waals surface area contributed by atoms with Gasteiger partial charge in [-0.1, -0.05) is 23.5 Å². The lowest BCUT2D eigenvalue weighted by molar-refractivity contribution is -0.119. The summed E-state index contributed by atoms with van der Waals surface area (Å²) in [6.07, 6.45) is 0.191. The molecule has 0 bridgehead atoms. The largest absolute Gasteiger partial charge is 0.493 e. The molecular weight excluding hydrogens is 355 g/mol. The van der Waals surface area contributed by atoms with Crippen molar-refractivity contribution in [1.82, 2.24) is 4.98 Å². The maximum atomic E-state index is 12.9. The molecule has 0 radical (unpaired) electrons. The van der Waals surface area contributed by atoms with Crippen molar-refractivity contribution in [2.24, 2.45) is 0 Å². The Morgan fingerprint density at radius 3 is 2.65 bits per heavy atom. The Hall–Kier alpha value is -2.51. The third kappa shape index (κ3) is 4.56. The Morgan fingerprint density at radius 1 is 1.15 bits per heavy atom. The van der Waals surface area contributed by atoms with E-state index in [0.29, 0.717) is 24.0 Å². The lowest BCUT2D eigenvalue weighted by Crippen LogP contribution is -2.34. The maximum Gasteiger partial charge on any atom is 0.232 e. The fourth-order valence-corrected chi connectivity index (χ4v) is 3.42. The summed E-state index contributed by atoms with van der Waals surface area (Å²) in [5, 5.41) is 0.648. The van der Waals surface area contributed by atoms with Crippen molar-refractivity contribution in [2.45, 2.75) is 6.42 Å². The van der Waals surface area contributed by atoms with Crippen molar-refractivity contribution in [2.75, 3.05) is 31.8 Å². The second-order valence-electron chi connectivity index (χ2n) is 5.55. The van der Waals surface area contributed by atoms with Gasteiger partial charge >= 0.3 is 0 Å². The molecule has 0 saturated heterocycles. The van der Waals surface area contributed by atoms with Crippen LogP contribution in [-0.4, -0.2) is 37.8 Å². The minimum Gasteiger partial charge on any atom is -0.493 e. The molecule has 7 heteroatoms. The molecule has 5 nitrogen and oxygen atoms in total. The molecule has 0 unspecified atom stereocenters. The van der Waals surface area contributed by atoms with Crippen LogP contribution in [-0.2, 0) is 9.53 Å². The summed E-state index contributed by atoms with van der Waals surface area (Å²) in [5.74, 6) is 0.112. The van der Waals surface area contributed by atoms with Gasteiger partial charge in [-0.2, -0.15) is 0 Å². The molecule has 1 amide bonds. The summed E-state index contributed by atoms with van der Waals surface area (Å²) < 4.78 is 24.6. The van der Waals surface area contributed by atoms with E-state index in [4.69, 9.17) is 9.47 Å². The number of para-hydroxylation sites is 1. The van der Waals surface area contributed by atoms with Crippen molar-refractivity contribution in [1.29, 1.82) is 0 Å². The fourth-order valence-electron chi connectivity index (χ4n) is 2.41. The average Bonchev–Trinajstić information content (AvgIpc) is 3.07. The van der Waals surface area contributed by atoms with Gasteiger partial charge in [0, 0.05) is 7.11 Å². The molecule has 26 heavy (non-hydrogen) atoms. The van der Waals surface area contributed by atoms with Gasteiger partial charge in [0.25, 0.3) is 0 Å². The second kappa shape index (κ2) is 8.73. The van der Waals surface area contributed by atoms with Gasteiger partial charge in [0.05, 0.1) is 36.4 Å². The molecule has 3 aromatic rings. The number of carbonyl (C=O) groups is 1. The summed E-state index contributed by atoms with van der Waals surface area (Å²) in [5.41, 5.74) is 0.866. The number of hydrogen-bond acceptors (Lipinski definition) is 5. The Kier molecular flexibility index (Phi) is 6.14. The monoisotopic (exact) mass is 374 g/mol. The van der Waals surface area contributed by atoms with E-state index in [1.807, 2.05) is 24.3 Å². The fraction of sp³-hybridized carbons (Fsp3) is 0.263. The molecule has 0 fully saturated rings. The number of thiazole rings is 1. The first-order valence-corrected chi connectivity index (χ1v) is 9.02. The number of hydrogen-bond donors (Lipinski definition) is 0. The number of anilines is 1. The predicted octanol–water partition coefficient (Wildman–Crippen LogP) is 3.88. The topological polar surface area (TPSA) is 51.7 Å². The first-order valence-electron chi connectivity index (χ1n) is 8.20. The van der Waals surface area contributed by atoms with Crippen molar-refractivity contribution in [3.05, 3.63) is 54.3 Å². The number of benzene rings is 2. The Morgan fingerprint density at radius 2 is 1.92 bits per heavy atom. The van der Waals surface area contributed by atoms with Crippen LogP contribution >= 0.6 is 11.3 Å². The lowest BCUT2D eigenvalue weighted by Gasteiger charge is -2.19. The number of methoxy groups -OCH3 is 1. The quantitative estimate of drug-likeness (QED) is 0.600. The van der Waals surface area contributed by atoms with Gasteiger partial charge in [-0.05, 0) is 36.4 Å². The van der Waals surface area contributed by atoms with Crippen molar-refractivity contribution < 1.29 is 18.7 Å². The minimum absolute atomic E-state index is 0.0942. The van der Waals surface area contributed by atoms with Gasteiger partial charge < -0.3 is 9.47 Å². The smallest absolute Gasteiger partial charge is 0.232 e. The van der Waals surface area contributed by atoms with E-state index in [-0.39, 0.29) is 24.8 Å². The van der Waals surface area contributed by atoms with E-state index in [1.54, 1.807) is 12.0 Å². The van der Waals surface area contributed by atoms with Gasteiger partial charge in [-0.25, -0.2) is 9.37 Å². The number of carbonyl (C=O) groups excluding carboxylic acids is 1. The Labute approximate surface area is 155 Å². The maximum absolute atomic E-state index is 12.9. The van der Waals surface area contributed by atoms with Crippen LogP contribution in [0.4, 0.5) is 9.52 Å². The number of ether oxygens (including phenoxy) is 2. The van der Waals surface area contributed by atoms with Gasteiger partial charge in [0.2, 0.25) is 5.91 Å². The molecule has 0 atom stereocenters. The molecular formula is C19H19FN2O3S. The van der Waals surface area contributed by atoms with Gasteiger partial charge in [0.15, 0.2) is 5.13 Å². The van der Waals surface area contributed by atoms with E-state index in [0.717, 1.165) is 10.2 Å². The average molecular weight is 374 g/mol. The molecule has 1 aromatic heterocycles. The van der Waals surface area contributed by atoms with Crippen LogP contribution in [0, 0.1) is 5.82 Å². The molecule has 1 heterocycles. The molecule has 3 rings (SSSR count). The molecule has 0 aliphatic carbocycles. The number of nitrogens with zero attached hydrogens (tertiary/aromatic N) is 2. The van der Waals surface area contributed by atoms with Crippen molar-refractivity contribution in [3.63, 3.8) is 0 Å². The molecule has 0 saturated carbocycles. The number of aromatic nitrogens is 1. The zero-order valence-corrected chi connectivity index (χ0v) is 15.2. The minimum atomic E-state index is -0.324. The van der Waals surface area contributed by atoms with Gasteiger partial charge in [0.1, 0.15) is 11.6 Å². The Balaban J connectivity index is 1.66. The number of amides is 1. The highest BCUT2D eigenvalue weighted by molar-refractivity contribution is 7.22. The van der Waals surface area contributed by atoms with Crippen LogP contribution in [0.2, 0.25) is 0 Å². The molecule has 0 aliphatic heterocycles. The number of fused-ring (bicyclic) bond motifs is 1. The first kappa shape index (κ1) is 18.3. The van der Waals surface area contributed by atoms with Crippen LogP contribution in [0.1, 0.15) is 6.42 Å². The third-order valence-electron chi connectivity index (χ3n) is 3.73. The van der Waals surface area contributed by atoms with E-state index in [9.17, 15) is 9.18 Å². The zero-order chi connectivity index (χ0) is 18.4. The standard InChI is InChI=1S/C19H19FN2O3S/c1-24-13-11-22(19-21-16-4-2-3-5-17(16)26-19)18(23)10-12-25-15-8-6-14(20)7-9-15/h2-9H,10-13H2,1H3. The van der Waals surface area contributed by atoms with Crippen LogP contribution in [0.15, 0.2) is 48.5 Å². The highest BCUT2D eigenvalue weighted by Gasteiger charge is 2.19. The summed E-state index contributed by atoms with van der Waals surface area (Å²) in [7, 11) is 1.60. The van der Waals surface area contributed by atoms with E-state index < -0.39 is 0 Å². The second-order valence-corrected chi connectivity index (χ2v) is 6.56. The first-order chi connectivity index (χ1) is 12.7. The van der Waals surface area contributed by atoms with Gasteiger partial charge in [-0.15, -0.1) is 0 Å². The molecule has 2 aromatic carbocycles. The molecule has 0 N–H and O–H groups in total. The van der Waals surface area contributed by atoms with Gasteiger partial charge in [-0.3, -0.25) is 9.69 Å². The van der Waals surface area contributed by atoms with E-state index >= 15 is 0 Å². The van der Waals surface area contributed by atoms with Crippen LogP contribution in [0.5, 0.6) is 5.75 Å². The summed E-state index contributed by atoms with van der Waals surface area (Å²) >= 11 is 1.47. The Bertz CT molecular complexity index is 834. The third-order valence-corrected chi connectivity index (χ3v) is 4.79. The summed E-state index contributed by atoms with van der Waals surface area (Å²) in [4.78, 5) is 18.8. The SMILES string of the molecule is COCCN(C(=O)CCOc1ccc(F)cc1)c1nc2ccccc2s1. The molecule has 136 valence electrons. The zero-order valence-electron chi connectivity index (χ0n) is 14.4. The van der Waals surface area contributed by atoms with Crippen LogP contribution in [0.3, 0.4) is 0 Å².